The van der Waals surface area contributed by atoms with Gasteiger partial charge in [-0.05, 0) is 59.4 Å². The van der Waals surface area contributed by atoms with Crippen LogP contribution in [0.15, 0.2) is 96.0 Å². The predicted molar refractivity (Wildman–Crippen MR) is 203 cm³/mol. The lowest BCUT2D eigenvalue weighted by molar-refractivity contribution is 0.0659. The Morgan fingerprint density at radius 2 is 1.26 bits per heavy atom. The minimum absolute atomic E-state index is 0.0278. The summed E-state index contributed by atoms with van der Waals surface area (Å²) in [5, 5.41) is 3.50. The fraction of sp³-hybridized carbons (Fsp3) is 0.256. The number of nitrogens with zero attached hydrogens (tertiary/aromatic N) is 4. The highest BCUT2D eigenvalue weighted by Crippen LogP contribution is 2.40. The van der Waals surface area contributed by atoms with E-state index in [2.05, 4.69) is 35.6 Å². The van der Waals surface area contributed by atoms with Crippen LogP contribution in [0.25, 0.3) is 0 Å². The number of fused-ring (bicyclic) bond motifs is 6. The van der Waals surface area contributed by atoms with Gasteiger partial charge in [0, 0.05) is 38.0 Å². The number of nitrogens with one attached hydrogen (secondary N) is 1. The molecule has 0 saturated carbocycles. The number of hydrogen-bond acceptors (Lipinski definition) is 9. The molecule has 0 radical (unpaired) electrons. The Hall–Kier alpha value is -6.36. The van der Waals surface area contributed by atoms with Gasteiger partial charge in [0.15, 0.2) is 23.0 Å². The Bertz CT molecular complexity index is 2320. The quantitative estimate of drug-likeness (QED) is 0.192. The van der Waals surface area contributed by atoms with Crippen molar-refractivity contribution in [2.45, 2.75) is 51.2 Å². The first-order valence-corrected chi connectivity index (χ1v) is 18.1. The molecule has 4 aliphatic rings. The molecular formula is C43H39N5O6. The van der Waals surface area contributed by atoms with E-state index in [-0.39, 0.29) is 37.1 Å². The van der Waals surface area contributed by atoms with Gasteiger partial charge in [0.25, 0.3) is 11.8 Å². The van der Waals surface area contributed by atoms with Crippen LogP contribution in [-0.4, -0.2) is 65.7 Å². The summed E-state index contributed by atoms with van der Waals surface area (Å²) in [4.78, 5) is 40.9. The summed E-state index contributed by atoms with van der Waals surface area (Å²) in [6.45, 7) is 2.06. The van der Waals surface area contributed by atoms with Gasteiger partial charge in [-0.1, -0.05) is 54.6 Å². The second-order valence-corrected chi connectivity index (χ2v) is 14.0. The molecule has 5 aromatic rings. The molecule has 0 fully saturated rings. The lowest BCUT2D eigenvalue weighted by atomic mass is 9.94. The van der Waals surface area contributed by atoms with Crippen molar-refractivity contribution in [3.8, 4) is 23.0 Å². The van der Waals surface area contributed by atoms with E-state index >= 15 is 0 Å². The number of pyridine rings is 1. The second kappa shape index (κ2) is 13.9. The third-order valence-corrected chi connectivity index (χ3v) is 10.7. The lowest BCUT2D eigenvalue weighted by Gasteiger charge is -2.35. The molecule has 272 valence electrons. The largest absolute Gasteiger partial charge is 0.493 e. The summed E-state index contributed by atoms with van der Waals surface area (Å²) in [6.07, 6.45) is 3.38. The van der Waals surface area contributed by atoms with Crippen molar-refractivity contribution in [3.63, 3.8) is 0 Å². The molecule has 1 aromatic heterocycles. The summed E-state index contributed by atoms with van der Waals surface area (Å²) < 4.78 is 23.9. The van der Waals surface area contributed by atoms with E-state index in [1.807, 2.05) is 58.5 Å². The van der Waals surface area contributed by atoms with Crippen LogP contribution in [0.1, 0.15) is 54.4 Å². The number of methoxy groups -OCH3 is 2. The van der Waals surface area contributed by atoms with Gasteiger partial charge in [-0.15, -0.1) is 0 Å². The number of ether oxygens (including phenoxy) is 4. The van der Waals surface area contributed by atoms with Crippen LogP contribution in [0.2, 0.25) is 0 Å². The molecule has 0 spiro atoms. The number of amides is 2. The van der Waals surface area contributed by atoms with E-state index < -0.39 is 0 Å². The van der Waals surface area contributed by atoms with Crippen molar-refractivity contribution < 1.29 is 28.5 Å². The van der Waals surface area contributed by atoms with Crippen molar-refractivity contribution in [3.05, 3.63) is 136 Å². The van der Waals surface area contributed by atoms with Crippen LogP contribution in [0.3, 0.4) is 0 Å². The van der Waals surface area contributed by atoms with Gasteiger partial charge < -0.3 is 34.1 Å². The van der Waals surface area contributed by atoms with E-state index in [4.69, 9.17) is 28.9 Å². The number of carbonyl (C=O) groups is 2. The van der Waals surface area contributed by atoms with E-state index in [9.17, 15) is 9.59 Å². The van der Waals surface area contributed by atoms with Crippen molar-refractivity contribution in [2.24, 2.45) is 4.99 Å². The fourth-order valence-electron chi connectivity index (χ4n) is 7.86. The van der Waals surface area contributed by atoms with Crippen molar-refractivity contribution in [2.75, 3.05) is 26.1 Å². The molecule has 4 aromatic carbocycles. The summed E-state index contributed by atoms with van der Waals surface area (Å²) in [5.41, 5.74) is 8.51. The van der Waals surface area contributed by atoms with Gasteiger partial charge in [-0.2, -0.15) is 0 Å². The minimum atomic E-state index is -0.130. The molecule has 5 heterocycles. The highest BCUT2D eigenvalue weighted by molar-refractivity contribution is 6.04. The first-order valence-electron chi connectivity index (χ1n) is 18.1. The first-order chi connectivity index (χ1) is 26.4. The van der Waals surface area contributed by atoms with E-state index in [0.29, 0.717) is 76.5 Å². The molecule has 2 amide bonds. The van der Waals surface area contributed by atoms with Crippen LogP contribution in [0.5, 0.6) is 23.0 Å². The van der Waals surface area contributed by atoms with Gasteiger partial charge in [0.2, 0.25) is 0 Å². The molecule has 0 saturated heterocycles. The smallest absolute Gasteiger partial charge is 0.257 e. The number of anilines is 1. The monoisotopic (exact) mass is 721 g/mol. The molecule has 4 aliphatic heterocycles. The summed E-state index contributed by atoms with van der Waals surface area (Å²) in [6, 6.07) is 29.2. The maximum absolute atomic E-state index is 13.8. The van der Waals surface area contributed by atoms with Crippen LogP contribution < -0.4 is 24.3 Å². The topological polar surface area (TPSA) is 115 Å². The average Bonchev–Trinajstić information content (AvgIpc) is 3.42. The number of aromatic nitrogens is 1. The maximum Gasteiger partial charge on any atom is 0.257 e. The molecule has 1 N–H and O–H groups in total. The molecule has 54 heavy (non-hydrogen) atoms. The number of rotatable bonds is 8. The van der Waals surface area contributed by atoms with Gasteiger partial charge >= 0.3 is 0 Å². The van der Waals surface area contributed by atoms with Gasteiger partial charge in [0.1, 0.15) is 13.2 Å². The summed E-state index contributed by atoms with van der Waals surface area (Å²) >= 11 is 0. The average molecular weight is 722 g/mol. The molecule has 2 atom stereocenters. The highest BCUT2D eigenvalue weighted by atomic mass is 16.5. The molecule has 11 nitrogen and oxygen atoms in total. The minimum Gasteiger partial charge on any atom is -0.493 e. The van der Waals surface area contributed by atoms with E-state index in [0.717, 1.165) is 18.4 Å². The molecule has 11 heteroatoms. The number of hydrogen-bond donors (Lipinski definition) is 1. The Morgan fingerprint density at radius 3 is 1.94 bits per heavy atom. The first kappa shape index (κ1) is 33.5. The second-order valence-electron chi connectivity index (χ2n) is 14.0. The zero-order valence-electron chi connectivity index (χ0n) is 30.1. The highest BCUT2D eigenvalue weighted by Gasteiger charge is 2.35. The predicted octanol–water partition coefficient (Wildman–Crippen LogP) is 6.53. The van der Waals surface area contributed by atoms with E-state index in [1.54, 1.807) is 32.4 Å². The Morgan fingerprint density at radius 1 is 0.667 bits per heavy atom. The van der Waals surface area contributed by atoms with Crippen LogP contribution in [0, 0.1) is 0 Å². The molecular weight excluding hydrogens is 683 g/mol. The number of carbonyl (C=O) groups excluding carboxylic acids is 2. The SMILES string of the molecule is COc1cc2c(cc1OCc1cccc(COc3cc4c(cc3OC)C(=O)N3Cc5ccccc5CC3CN4)n1)N=C[C@@H]1Cc3ccccc3CN1C2=O. The summed E-state index contributed by atoms with van der Waals surface area (Å²) in [5.74, 6) is 1.76. The van der Waals surface area contributed by atoms with Crippen LogP contribution in [-0.2, 0) is 39.1 Å². The third kappa shape index (κ3) is 6.15. The standard InChI is InChI=1S/C43H39N5O6/c1-51-38-16-34-36(44-20-32-14-26-8-3-5-10-28(26)22-47(32)42(34)49)18-40(38)53-24-30-12-7-13-31(46-30)25-54-41-19-37-35(17-39(41)52-2)43(50)48-23-29-11-6-4-9-27(29)15-33(48)21-45-37/h3-13,16-20,32-33,45H,14-15,21-25H2,1-2H3/t32-,33?/m0/s1. The Labute approximate surface area is 313 Å². The molecule has 9 rings (SSSR count). The Balaban J connectivity index is 0.889. The Kier molecular flexibility index (Phi) is 8.61. The van der Waals surface area contributed by atoms with Crippen molar-refractivity contribution in [1.82, 2.24) is 14.8 Å². The maximum atomic E-state index is 13.8. The molecule has 0 aliphatic carbocycles. The van der Waals surface area contributed by atoms with Crippen LogP contribution in [0.4, 0.5) is 11.4 Å². The zero-order valence-corrected chi connectivity index (χ0v) is 30.1. The fourth-order valence-corrected chi connectivity index (χ4v) is 7.86. The summed E-state index contributed by atoms with van der Waals surface area (Å²) in [7, 11) is 3.13. The van der Waals surface area contributed by atoms with Crippen molar-refractivity contribution >= 4 is 29.4 Å². The van der Waals surface area contributed by atoms with Crippen LogP contribution >= 0.6 is 0 Å². The zero-order chi connectivity index (χ0) is 36.8. The third-order valence-electron chi connectivity index (χ3n) is 10.7. The van der Waals surface area contributed by atoms with Crippen molar-refractivity contribution in [1.29, 1.82) is 0 Å². The molecule has 1 unspecified atom stereocenters. The van der Waals surface area contributed by atoms with Gasteiger partial charge in [0.05, 0.1) is 60.2 Å². The van der Waals surface area contributed by atoms with Gasteiger partial charge in [-0.25, -0.2) is 0 Å². The molecule has 0 bridgehead atoms. The number of aliphatic imine (C=N–C) groups is 1. The van der Waals surface area contributed by atoms with E-state index in [1.165, 1.54) is 16.7 Å². The van der Waals surface area contributed by atoms with Gasteiger partial charge in [-0.3, -0.25) is 19.6 Å². The lowest BCUT2D eigenvalue weighted by Crippen LogP contribution is -2.45. The number of benzene rings is 4. The normalized spacial score (nSPS) is 18.0.